The normalized spacial score (nSPS) is 13.1. The summed E-state index contributed by atoms with van der Waals surface area (Å²) in [6.07, 6.45) is 1.91. The second kappa shape index (κ2) is 18.0. The summed E-state index contributed by atoms with van der Waals surface area (Å²) in [5, 5.41) is 4.65. The Morgan fingerprint density at radius 3 is 1.75 bits per heavy atom. The van der Waals surface area contributed by atoms with E-state index in [9.17, 15) is 0 Å². The molecule has 0 spiro atoms. The van der Waals surface area contributed by atoms with Crippen LogP contribution in [0.15, 0.2) is 182 Å². The van der Waals surface area contributed by atoms with Crippen molar-refractivity contribution in [1.82, 2.24) is 14.1 Å². The van der Waals surface area contributed by atoms with Crippen LogP contribution < -0.4 is 14.5 Å². The second-order valence-electron chi connectivity index (χ2n) is 22.3. The van der Waals surface area contributed by atoms with Crippen LogP contribution in [-0.2, 0) is 37.3 Å². The number of ether oxygens (including phenoxy) is 1. The van der Waals surface area contributed by atoms with Gasteiger partial charge in [-0.1, -0.05) is 159 Å². The van der Waals surface area contributed by atoms with E-state index in [1.54, 1.807) is 0 Å². The zero-order chi connectivity index (χ0) is 49.7. The number of anilines is 4. The van der Waals surface area contributed by atoms with Crippen LogP contribution in [0.2, 0.25) is 0 Å². The molecule has 0 fully saturated rings. The van der Waals surface area contributed by atoms with Crippen LogP contribution in [0.4, 0.5) is 22.7 Å². The van der Waals surface area contributed by atoms with Crippen molar-refractivity contribution >= 4 is 66.4 Å². The van der Waals surface area contributed by atoms with Crippen LogP contribution >= 0.6 is 0 Å². The third-order valence-corrected chi connectivity index (χ3v) is 14.3. The monoisotopic (exact) mass is 1130 g/mol. The Bertz CT molecular complexity index is 3820. The van der Waals surface area contributed by atoms with Crippen LogP contribution in [0, 0.1) is 18.8 Å². The summed E-state index contributed by atoms with van der Waals surface area (Å²) in [6.45, 7) is 22.7. The van der Waals surface area contributed by atoms with E-state index >= 15 is 0 Å². The minimum absolute atomic E-state index is 0. The summed E-state index contributed by atoms with van der Waals surface area (Å²) in [6, 6.07) is 70.5. The van der Waals surface area contributed by atoms with Gasteiger partial charge in [0.15, 0.2) is 0 Å². The van der Waals surface area contributed by atoms with Gasteiger partial charge in [0.05, 0.1) is 22.4 Å². The number of rotatable bonds is 7. The Morgan fingerprint density at radius 2 is 1.07 bits per heavy atom. The van der Waals surface area contributed by atoms with Crippen LogP contribution in [0.1, 0.15) is 79.0 Å². The number of nitrogens with zero attached hydrogens (tertiary/aromatic N) is 5. The van der Waals surface area contributed by atoms with Gasteiger partial charge in [0.1, 0.15) is 5.82 Å². The molecule has 0 saturated carbocycles. The Hall–Kier alpha value is -7.40. The molecule has 366 valence electrons. The van der Waals surface area contributed by atoms with Gasteiger partial charge >= 0.3 is 0 Å². The molecule has 0 atom stereocenters. The summed E-state index contributed by atoms with van der Waals surface area (Å²) < 4.78 is 11.5. The van der Waals surface area contributed by atoms with Gasteiger partial charge in [-0.15, -0.1) is 48.1 Å². The molecule has 11 aromatic rings. The molecular formula is C66H58N5OPt-3. The first-order valence-corrected chi connectivity index (χ1v) is 25.0. The van der Waals surface area contributed by atoms with Gasteiger partial charge in [-0.3, -0.25) is 0 Å². The minimum atomic E-state index is -0.0729. The second-order valence-corrected chi connectivity index (χ2v) is 22.3. The van der Waals surface area contributed by atoms with Crippen molar-refractivity contribution < 1.29 is 25.8 Å². The number of pyridine rings is 1. The molecule has 8 aromatic carbocycles. The van der Waals surface area contributed by atoms with Gasteiger partial charge in [0.25, 0.3) is 0 Å². The Morgan fingerprint density at radius 1 is 0.452 bits per heavy atom. The van der Waals surface area contributed by atoms with Gasteiger partial charge in [-0.25, -0.2) is 4.98 Å². The molecule has 0 saturated heterocycles. The van der Waals surface area contributed by atoms with Crippen LogP contribution in [-0.4, -0.2) is 14.1 Å². The van der Waals surface area contributed by atoms with E-state index in [1.807, 2.05) is 18.3 Å². The maximum atomic E-state index is 6.83. The molecule has 0 amide bonds. The SMILES string of the molecule is CC(C)(C)c1cc(N2[CH-]N(c3[c-]c(Oc4[c-]c5c(cc4)c4cc(-c6ccccc6)ccc4n5-c4cc(C(C)(C)C)ccn4)ccc3)c3cccc(-n4c5ccccc5c5ccccc54)c32)cc(C(C)(C)C)c1.[Pt]. The molecule has 0 unspecified atom stereocenters. The van der Waals surface area contributed by atoms with Gasteiger partial charge in [-0.05, 0) is 104 Å². The Kier molecular flexibility index (Phi) is 11.8. The molecular weight excluding hydrogens is 1070 g/mol. The fourth-order valence-corrected chi connectivity index (χ4v) is 10.4. The van der Waals surface area contributed by atoms with E-state index in [0.29, 0.717) is 11.5 Å². The van der Waals surface area contributed by atoms with Crippen molar-refractivity contribution in [2.24, 2.45) is 0 Å². The third kappa shape index (κ3) is 8.50. The van der Waals surface area contributed by atoms with Gasteiger partial charge in [0, 0.05) is 66.4 Å². The van der Waals surface area contributed by atoms with Gasteiger partial charge < -0.3 is 23.7 Å². The average Bonchev–Trinajstić information content (AvgIpc) is 4.04. The molecule has 1 aliphatic rings. The van der Waals surface area contributed by atoms with Crippen molar-refractivity contribution in [3.8, 4) is 34.1 Å². The summed E-state index contributed by atoms with van der Waals surface area (Å²) >= 11 is 0. The number of hydrogen-bond acceptors (Lipinski definition) is 4. The molecule has 12 rings (SSSR count). The molecule has 0 N–H and O–H groups in total. The number of benzene rings is 8. The van der Waals surface area contributed by atoms with Gasteiger partial charge in [0.2, 0.25) is 0 Å². The van der Waals surface area contributed by atoms with Crippen LogP contribution in [0.5, 0.6) is 11.5 Å². The molecule has 73 heavy (non-hydrogen) atoms. The number of hydrogen-bond donors (Lipinski definition) is 0. The smallest absolute Gasteiger partial charge is 0.135 e. The molecule has 7 heteroatoms. The molecule has 0 bridgehead atoms. The molecule has 3 aromatic heterocycles. The van der Waals surface area contributed by atoms with E-state index in [-0.39, 0.29) is 37.3 Å². The topological polar surface area (TPSA) is 38.5 Å². The summed E-state index contributed by atoms with van der Waals surface area (Å²) in [7, 11) is 0. The Labute approximate surface area is 443 Å². The minimum Gasteiger partial charge on any atom is -0.509 e. The van der Waals surface area contributed by atoms with E-state index in [1.165, 1.54) is 33.0 Å². The van der Waals surface area contributed by atoms with E-state index in [4.69, 9.17) is 9.72 Å². The van der Waals surface area contributed by atoms with Crippen molar-refractivity contribution in [3.05, 3.63) is 218 Å². The molecule has 4 heterocycles. The summed E-state index contributed by atoms with van der Waals surface area (Å²) in [5.41, 5.74) is 15.3. The fraction of sp³-hybridized carbons (Fsp3) is 0.182. The number of para-hydroxylation sites is 3. The van der Waals surface area contributed by atoms with Crippen LogP contribution in [0.25, 0.3) is 66.2 Å². The first kappa shape index (κ1) is 47.9. The first-order valence-electron chi connectivity index (χ1n) is 25.0. The molecule has 1 aliphatic heterocycles. The maximum Gasteiger partial charge on any atom is 0.135 e. The molecule has 0 radical (unpaired) electrons. The summed E-state index contributed by atoms with van der Waals surface area (Å²) in [4.78, 5) is 9.59. The van der Waals surface area contributed by atoms with Crippen molar-refractivity contribution in [2.45, 2.75) is 78.6 Å². The number of fused-ring (bicyclic) bond motifs is 7. The number of aromatic nitrogens is 3. The largest absolute Gasteiger partial charge is 0.509 e. The fourth-order valence-electron chi connectivity index (χ4n) is 10.4. The van der Waals surface area contributed by atoms with Crippen molar-refractivity contribution in [1.29, 1.82) is 0 Å². The standard InChI is InChI=1S/C66H58N5O.Pt/c1-64(2,3)45-33-34-67-62(39-45)71-58-32-29-44(43-19-11-10-12-20-43)35-55(58)54-31-30-51(41-61(54)71)72-50-22-17-21-48(40-50)68-42-69(49-37-46(65(4,5)6)36-47(38-49)66(7,8)9)63-59(68)27-18-28-60(63)70-56-25-15-13-23-52(56)53-24-14-16-26-57(53)70;/h10-39,42H,1-9H3;/q-3;. The molecule has 6 nitrogen and oxygen atoms in total. The predicted octanol–water partition coefficient (Wildman–Crippen LogP) is 17.6. The summed E-state index contributed by atoms with van der Waals surface area (Å²) in [5.74, 6) is 2.01. The van der Waals surface area contributed by atoms with Crippen molar-refractivity contribution in [2.75, 3.05) is 9.80 Å². The van der Waals surface area contributed by atoms with E-state index in [2.05, 4.69) is 264 Å². The Balaban J connectivity index is 0.00000574. The zero-order valence-electron chi connectivity index (χ0n) is 42.9. The van der Waals surface area contributed by atoms with Crippen LogP contribution in [0.3, 0.4) is 0 Å². The maximum absolute atomic E-state index is 6.83. The average molecular weight is 1130 g/mol. The van der Waals surface area contributed by atoms with E-state index in [0.717, 1.165) is 72.7 Å². The quantitative estimate of drug-likeness (QED) is 0.149. The third-order valence-electron chi connectivity index (χ3n) is 14.3. The molecule has 0 aliphatic carbocycles. The van der Waals surface area contributed by atoms with Gasteiger partial charge in [-0.2, -0.15) is 12.1 Å². The predicted molar refractivity (Wildman–Crippen MR) is 300 cm³/mol. The first-order chi connectivity index (χ1) is 34.6. The van der Waals surface area contributed by atoms with E-state index < -0.39 is 0 Å². The van der Waals surface area contributed by atoms with Crippen molar-refractivity contribution in [3.63, 3.8) is 0 Å². The zero-order valence-corrected chi connectivity index (χ0v) is 45.1.